The first-order valence-electron chi connectivity index (χ1n) is 9.34. The average molecular weight is 432 g/mol. The molecule has 0 aliphatic rings. The highest BCUT2D eigenvalue weighted by molar-refractivity contribution is 7.99. The Morgan fingerprint density at radius 2 is 2.03 bits per heavy atom. The molecule has 0 bridgehead atoms. The molecule has 0 saturated heterocycles. The maximum absolute atomic E-state index is 13.0. The molecule has 8 heteroatoms. The van der Waals surface area contributed by atoms with Crippen LogP contribution in [0.1, 0.15) is 13.3 Å². The maximum Gasteiger partial charge on any atom is 0.262 e. The van der Waals surface area contributed by atoms with Gasteiger partial charge in [0.15, 0.2) is 5.16 Å². The molecular weight excluding hydrogens is 410 g/mol. The summed E-state index contributed by atoms with van der Waals surface area (Å²) in [5.74, 6) is -0.0266. The number of benzene rings is 2. The Morgan fingerprint density at radius 1 is 1.24 bits per heavy atom. The molecule has 1 amide bonds. The summed E-state index contributed by atoms with van der Waals surface area (Å²) in [5.41, 5.74) is 1.11. The fourth-order valence-corrected chi connectivity index (χ4v) is 3.79. The molecule has 3 aromatic rings. The minimum Gasteiger partial charge on any atom is -0.382 e. The Kier molecular flexibility index (Phi) is 7.69. The van der Waals surface area contributed by atoms with E-state index in [1.165, 1.54) is 11.8 Å². The van der Waals surface area contributed by atoms with Gasteiger partial charge < -0.3 is 10.1 Å². The third-order valence-corrected chi connectivity index (χ3v) is 5.36. The summed E-state index contributed by atoms with van der Waals surface area (Å²) in [4.78, 5) is 29.9. The number of fused-ring (bicyclic) bond motifs is 1. The predicted octanol–water partition coefficient (Wildman–Crippen LogP) is 4.21. The Hall–Kier alpha value is -2.35. The number of halogens is 1. The Labute approximate surface area is 178 Å². The number of nitrogens with zero attached hydrogens (tertiary/aromatic N) is 2. The van der Waals surface area contributed by atoms with E-state index in [4.69, 9.17) is 16.3 Å². The number of amides is 1. The first-order chi connectivity index (χ1) is 14.1. The molecule has 6 nitrogen and oxygen atoms in total. The second kappa shape index (κ2) is 10.4. The molecule has 0 unspecified atom stereocenters. The molecule has 29 heavy (non-hydrogen) atoms. The van der Waals surface area contributed by atoms with Gasteiger partial charge in [-0.25, -0.2) is 4.98 Å². The molecule has 1 aromatic heterocycles. The maximum atomic E-state index is 13.0. The Bertz CT molecular complexity index is 1040. The summed E-state index contributed by atoms with van der Waals surface area (Å²) >= 11 is 7.29. The molecular formula is C21H22ClN3O3S. The lowest BCUT2D eigenvalue weighted by molar-refractivity contribution is -0.113. The molecule has 2 aromatic carbocycles. The SMILES string of the molecule is CCOCCCn1c(SCC(=O)Nc2ccccc2)nc2cc(Cl)ccc2c1=O. The van der Waals surface area contributed by atoms with E-state index in [2.05, 4.69) is 10.3 Å². The zero-order chi connectivity index (χ0) is 20.6. The molecule has 0 saturated carbocycles. The van der Waals surface area contributed by atoms with Crippen LogP contribution in [-0.2, 0) is 16.1 Å². The number of carbonyl (C=O) groups excluding carboxylic acids is 1. The molecule has 1 N–H and O–H groups in total. The van der Waals surface area contributed by atoms with Crippen molar-refractivity contribution in [2.75, 3.05) is 24.3 Å². The molecule has 0 radical (unpaired) electrons. The van der Waals surface area contributed by atoms with Gasteiger partial charge in [-0.3, -0.25) is 14.2 Å². The van der Waals surface area contributed by atoms with Crippen molar-refractivity contribution in [2.24, 2.45) is 0 Å². The highest BCUT2D eigenvalue weighted by Gasteiger charge is 2.14. The first kappa shape index (κ1) is 21.4. The van der Waals surface area contributed by atoms with E-state index < -0.39 is 0 Å². The largest absolute Gasteiger partial charge is 0.382 e. The van der Waals surface area contributed by atoms with Crippen LogP contribution < -0.4 is 10.9 Å². The van der Waals surface area contributed by atoms with E-state index in [0.29, 0.717) is 47.3 Å². The number of thioether (sulfide) groups is 1. The minimum atomic E-state index is -0.164. The number of carbonyl (C=O) groups is 1. The molecule has 0 aliphatic heterocycles. The third-order valence-electron chi connectivity index (χ3n) is 4.15. The van der Waals surface area contributed by atoms with Crippen molar-refractivity contribution < 1.29 is 9.53 Å². The van der Waals surface area contributed by atoms with Crippen LogP contribution in [0.25, 0.3) is 10.9 Å². The fraction of sp³-hybridized carbons (Fsp3) is 0.286. The van der Waals surface area contributed by atoms with Crippen LogP contribution in [0.2, 0.25) is 5.02 Å². The number of aromatic nitrogens is 2. The van der Waals surface area contributed by atoms with E-state index in [0.717, 1.165) is 5.69 Å². The van der Waals surface area contributed by atoms with Crippen LogP contribution in [-0.4, -0.2) is 34.4 Å². The van der Waals surface area contributed by atoms with Crippen molar-refractivity contribution in [1.29, 1.82) is 0 Å². The number of para-hydroxylation sites is 1. The van der Waals surface area contributed by atoms with Gasteiger partial charge in [0.2, 0.25) is 5.91 Å². The van der Waals surface area contributed by atoms with Crippen molar-refractivity contribution in [1.82, 2.24) is 9.55 Å². The van der Waals surface area contributed by atoms with Crippen molar-refractivity contribution in [3.05, 3.63) is 63.9 Å². The van der Waals surface area contributed by atoms with E-state index >= 15 is 0 Å². The van der Waals surface area contributed by atoms with E-state index in [9.17, 15) is 9.59 Å². The van der Waals surface area contributed by atoms with Gasteiger partial charge in [0.05, 0.1) is 16.7 Å². The van der Waals surface area contributed by atoms with Gasteiger partial charge in [-0.05, 0) is 43.7 Å². The average Bonchev–Trinajstić information content (AvgIpc) is 2.71. The standard InChI is InChI=1S/C21H22ClN3O3S/c1-2-28-12-6-11-25-20(27)17-10-9-15(22)13-18(17)24-21(25)29-14-19(26)23-16-7-4-3-5-8-16/h3-5,7-10,13H,2,6,11-12,14H2,1H3,(H,23,26). The second-order valence-electron chi connectivity index (χ2n) is 6.27. The quantitative estimate of drug-likeness (QED) is 0.312. The number of rotatable bonds is 9. The Morgan fingerprint density at radius 3 is 2.79 bits per heavy atom. The normalized spacial score (nSPS) is 11.0. The van der Waals surface area contributed by atoms with Crippen LogP contribution in [0.3, 0.4) is 0 Å². The molecule has 0 fully saturated rings. The zero-order valence-electron chi connectivity index (χ0n) is 16.1. The smallest absolute Gasteiger partial charge is 0.262 e. The number of hydrogen-bond donors (Lipinski definition) is 1. The Balaban J connectivity index is 1.81. The molecule has 152 valence electrons. The zero-order valence-corrected chi connectivity index (χ0v) is 17.6. The summed E-state index contributed by atoms with van der Waals surface area (Å²) in [7, 11) is 0. The number of hydrogen-bond acceptors (Lipinski definition) is 5. The molecule has 3 rings (SSSR count). The summed E-state index contributed by atoms with van der Waals surface area (Å²) in [6.07, 6.45) is 0.679. The van der Waals surface area contributed by atoms with Crippen molar-refractivity contribution in [3.63, 3.8) is 0 Å². The lowest BCUT2D eigenvalue weighted by Gasteiger charge is -2.13. The van der Waals surface area contributed by atoms with Gasteiger partial charge in [0.1, 0.15) is 0 Å². The monoisotopic (exact) mass is 431 g/mol. The van der Waals surface area contributed by atoms with Crippen LogP contribution in [0.15, 0.2) is 58.5 Å². The highest BCUT2D eigenvalue weighted by atomic mass is 35.5. The molecule has 1 heterocycles. The van der Waals surface area contributed by atoms with Crippen molar-refractivity contribution >= 4 is 45.9 Å². The van der Waals surface area contributed by atoms with E-state index in [1.54, 1.807) is 22.8 Å². The summed E-state index contributed by atoms with van der Waals surface area (Å²) in [6.45, 7) is 3.58. The molecule has 0 aliphatic carbocycles. The van der Waals surface area contributed by atoms with Crippen LogP contribution in [0.5, 0.6) is 0 Å². The fourth-order valence-electron chi connectivity index (χ4n) is 2.80. The van der Waals surface area contributed by atoms with Crippen molar-refractivity contribution in [2.45, 2.75) is 25.0 Å². The number of nitrogens with one attached hydrogen (secondary N) is 1. The van der Waals surface area contributed by atoms with Crippen LogP contribution in [0.4, 0.5) is 5.69 Å². The summed E-state index contributed by atoms with van der Waals surface area (Å²) in [5, 5.41) is 4.34. The minimum absolute atomic E-state index is 0.138. The van der Waals surface area contributed by atoms with E-state index in [-0.39, 0.29) is 17.2 Å². The van der Waals surface area contributed by atoms with Gasteiger partial charge in [-0.2, -0.15) is 0 Å². The van der Waals surface area contributed by atoms with Crippen LogP contribution >= 0.6 is 23.4 Å². The van der Waals surface area contributed by atoms with Gasteiger partial charge in [0.25, 0.3) is 5.56 Å². The van der Waals surface area contributed by atoms with Gasteiger partial charge in [0, 0.05) is 30.5 Å². The van der Waals surface area contributed by atoms with Gasteiger partial charge in [-0.1, -0.05) is 41.6 Å². The second-order valence-corrected chi connectivity index (χ2v) is 7.64. The lowest BCUT2D eigenvalue weighted by Crippen LogP contribution is -2.25. The number of ether oxygens (including phenoxy) is 1. The predicted molar refractivity (Wildman–Crippen MR) is 118 cm³/mol. The van der Waals surface area contributed by atoms with E-state index in [1.807, 2.05) is 37.3 Å². The highest BCUT2D eigenvalue weighted by Crippen LogP contribution is 2.21. The van der Waals surface area contributed by atoms with Crippen molar-refractivity contribution in [3.8, 4) is 0 Å². The first-order valence-corrected chi connectivity index (χ1v) is 10.7. The lowest BCUT2D eigenvalue weighted by atomic mass is 10.2. The van der Waals surface area contributed by atoms with Gasteiger partial charge >= 0.3 is 0 Å². The third kappa shape index (κ3) is 5.82. The topological polar surface area (TPSA) is 73.2 Å². The van der Waals surface area contributed by atoms with Crippen LogP contribution in [0, 0.1) is 0 Å². The summed E-state index contributed by atoms with van der Waals surface area (Å²) < 4.78 is 6.99. The molecule has 0 atom stereocenters. The molecule has 0 spiro atoms. The summed E-state index contributed by atoms with van der Waals surface area (Å²) in [6, 6.07) is 14.3. The number of anilines is 1. The van der Waals surface area contributed by atoms with Gasteiger partial charge in [-0.15, -0.1) is 0 Å².